The summed E-state index contributed by atoms with van der Waals surface area (Å²) in [5.41, 5.74) is 1.77. The Labute approximate surface area is 134 Å². The van der Waals surface area contributed by atoms with Gasteiger partial charge in [0, 0.05) is 12.2 Å². The van der Waals surface area contributed by atoms with Gasteiger partial charge in [-0.3, -0.25) is 4.98 Å². The van der Waals surface area contributed by atoms with E-state index in [2.05, 4.69) is 10.3 Å². The number of aromatic nitrogens is 1. The number of nitrogens with zero attached hydrogens (tertiary/aromatic N) is 1. The molecule has 122 valence electrons. The van der Waals surface area contributed by atoms with Crippen LogP contribution in [0.1, 0.15) is 30.1 Å². The van der Waals surface area contributed by atoms with Crippen LogP contribution in [0.5, 0.6) is 11.5 Å². The molecule has 23 heavy (non-hydrogen) atoms. The lowest BCUT2D eigenvalue weighted by Gasteiger charge is -2.17. The van der Waals surface area contributed by atoms with E-state index in [9.17, 15) is 4.79 Å². The predicted octanol–water partition coefficient (Wildman–Crippen LogP) is 3.00. The Morgan fingerprint density at radius 3 is 2.57 bits per heavy atom. The molecule has 6 nitrogen and oxygen atoms in total. The second kappa shape index (κ2) is 6.32. The number of nitrogens with one attached hydrogen (secondary N) is 1. The molecule has 1 aromatic heterocycles. The van der Waals surface area contributed by atoms with Crippen LogP contribution < -0.4 is 14.8 Å². The third-order valence-electron chi connectivity index (χ3n) is 3.81. The highest BCUT2D eigenvalue weighted by Gasteiger charge is 2.27. The molecule has 0 saturated heterocycles. The van der Waals surface area contributed by atoms with Gasteiger partial charge in [-0.05, 0) is 31.9 Å². The summed E-state index contributed by atoms with van der Waals surface area (Å²) in [6.45, 7) is 2.10. The van der Waals surface area contributed by atoms with E-state index in [1.54, 1.807) is 27.2 Å². The van der Waals surface area contributed by atoms with Crippen molar-refractivity contribution >= 4 is 22.6 Å². The predicted molar refractivity (Wildman–Crippen MR) is 87.4 cm³/mol. The first-order valence-electron chi connectivity index (χ1n) is 7.67. The maximum Gasteiger partial charge on any atom is 0.341 e. The van der Waals surface area contributed by atoms with E-state index in [0.29, 0.717) is 40.9 Å². The molecule has 3 rings (SSSR count). The van der Waals surface area contributed by atoms with E-state index < -0.39 is 5.97 Å². The largest absolute Gasteiger partial charge is 0.496 e. The summed E-state index contributed by atoms with van der Waals surface area (Å²) in [5, 5.41) is 4.16. The van der Waals surface area contributed by atoms with Gasteiger partial charge in [-0.1, -0.05) is 0 Å². The Kier molecular flexibility index (Phi) is 4.23. The zero-order valence-electron chi connectivity index (χ0n) is 13.5. The molecule has 1 heterocycles. The van der Waals surface area contributed by atoms with Crippen LogP contribution in [0.4, 0.5) is 5.69 Å². The average molecular weight is 316 g/mol. The first kappa shape index (κ1) is 15.4. The minimum Gasteiger partial charge on any atom is -0.496 e. The van der Waals surface area contributed by atoms with Crippen LogP contribution in [0.3, 0.4) is 0 Å². The van der Waals surface area contributed by atoms with Crippen LogP contribution in [0.15, 0.2) is 18.3 Å². The van der Waals surface area contributed by atoms with Gasteiger partial charge in [0.25, 0.3) is 0 Å². The molecule has 0 atom stereocenters. The van der Waals surface area contributed by atoms with E-state index in [1.165, 1.54) is 6.20 Å². The molecule has 6 heteroatoms. The lowest BCUT2D eigenvalue weighted by Crippen LogP contribution is -2.12. The lowest BCUT2D eigenvalue weighted by molar-refractivity contribution is 0.0527. The van der Waals surface area contributed by atoms with Crippen molar-refractivity contribution in [3.8, 4) is 11.5 Å². The topological polar surface area (TPSA) is 69.7 Å². The van der Waals surface area contributed by atoms with Crippen molar-refractivity contribution in [2.45, 2.75) is 25.8 Å². The SMILES string of the molecule is CCOC(=O)c1cnc2c(OC)ccc(OC)c2c1NC1CC1. The van der Waals surface area contributed by atoms with Crippen molar-refractivity contribution in [1.82, 2.24) is 4.98 Å². The van der Waals surface area contributed by atoms with Gasteiger partial charge in [0.1, 0.15) is 22.6 Å². The van der Waals surface area contributed by atoms with Crippen LogP contribution in [0.2, 0.25) is 0 Å². The van der Waals surface area contributed by atoms with E-state index in [-0.39, 0.29) is 0 Å². The maximum atomic E-state index is 12.3. The second-order valence-electron chi connectivity index (χ2n) is 5.38. The number of carbonyl (C=O) groups excluding carboxylic acids is 1. The van der Waals surface area contributed by atoms with Crippen LogP contribution in [0.25, 0.3) is 10.9 Å². The van der Waals surface area contributed by atoms with Crippen LogP contribution in [-0.4, -0.2) is 37.8 Å². The molecule has 1 aliphatic rings. The molecule has 1 N–H and O–H groups in total. The van der Waals surface area contributed by atoms with Gasteiger partial charge in [-0.25, -0.2) is 4.79 Å². The van der Waals surface area contributed by atoms with Gasteiger partial charge < -0.3 is 19.5 Å². The third kappa shape index (κ3) is 2.88. The number of hydrogen-bond acceptors (Lipinski definition) is 6. The molecule has 0 bridgehead atoms. The summed E-state index contributed by atoms with van der Waals surface area (Å²) in [7, 11) is 3.19. The number of ether oxygens (including phenoxy) is 3. The minimum atomic E-state index is -0.394. The van der Waals surface area contributed by atoms with Crippen molar-refractivity contribution in [3.63, 3.8) is 0 Å². The number of fused-ring (bicyclic) bond motifs is 1. The normalized spacial score (nSPS) is 13.7. The number of benzene rings is 1. The number of carbonyl (C=O) groups is 1. The van der Waals surface area contributed by atoms with Crippen LogP contribution in [-0.2, 0) is 4.74 Å². The molecule has 0 spiro atoms. The van der Waals surface area contributed by atoms with Gasteiger partial charge in [0.05, 0.1) is 31.9 Å². The Hall–Kier alpha value is -2.50. The zero-order chi connectivity index (χ0) is 16.4. The summed E-state index contributed by atoms with van der Waals surface area (Å²) < 4.78 is 16.0. The number of pyridine rings is 1. The van der Waals surface area contributed by atoms with E-state index in [0.717, 1.165) is 18.2 Å². The number of methoxy groups -OCH3 is 2. The molecule has 0 aliphatic heterocycles. The molecule has 0 amide bonds. The molecule has 1 saturated carbocycles. The van der Waals surface area contributed by atoms with E-state index in [4.69, 9.17) is 14.2 Å². The number of esters is 1. The fourth-order valence-electron chi connectivity index (χ4n) is 2.53. The highest BCUT2D eigenvalue weighted by atomic mass is 16.5. The maximum absolute atomic E-state index is 12.3. The fraction of sp³-hybridized carbons (Fsp3) is 0.412. The van der Waals surface area contributed by atoms with Gasteiger partial charge >= 0.3 is 5.97 Å². The quantitative estimate of drug-likeness (QED) is 0.826. The number of anilines is 1. The Morgan fingerprint density at radius 2 is 1.96 bits per heavy atom. The minimum absolute atomic E-state index is 0.314. The molecular weight excluding hydrogens is 296 g/mol. The lowest BCUT2D eigenvalue weighted by atomic mass is 10.1. The van der Waals surface area contributed by atoms with Crippen molar-refractivity contribution in [3.05, 3.63) is 23.9 Å². The number of rotatable bonds is 6. The highest BCUT2D eigenvalue weighted by molar-refractivity contribution is 6.08. The van der Waals surface area contributed by atoms with E-state index in [1.807, 2.05) is 6.07 Å². The molecule has 2 aromatic rings. The molecule has 1 fully saturated rings. The standard InChI is InChI=1S/C17H20N2O4/c1-4-23-17(20)11-9-18-16-13(22-3)8-7-12(21-2)14(16)15(11)19-10-5-6-10/h7-10H,4-6H2,1-3H3,(H,18,19). The van der Waals surface area contributed by atoms with Crippen molar-refractivity contribution < 1.29 is 19.0 Å². The van der Waals surface area contributed by atoms with Crippen LogP contribution in [0, 0.1) is 0 Å². The first-order valence-corrected chi connectivity index (χ1v) is 7.67. The van der Waals surface area contributed by atoms with Gasteiger partial charge in [0.15, 0.2) is 0 Å². The monoisotopic (exact) mass is 316 g/mol. The Balaban J connectivity index is 2.25. The third-order valence-corrected chi connectivity index (χ3v) is 3.81. The second-order valence-corrected chi connectivity index (χ2v) is 5.38. The first-order chi connectivity index (χ1) is 11.2. The summed E-state index contributed by atoms with van der Waals surface area (Å²) in [4.78, 5) is 16.7. The average Bonchev–Trinajstić information content (AvgIpc) is 3.38. The summed E-state index contributed by atoms with van der Waals surface area (Å²) >= 11 is 0. The van der Waals surface area contributed by atoms with E-state index >= 15 is 0 Å². The summed E-state index contributed by atoms with van der Waals surface area (Å²) in [5.74, 6) is 0.882. The molecule has 1 aliphatic carbocycles. The molecule has 0 radical (unpaired) electrons. The highest BCUT2D eigenvalue weighted by Crippen LogP contribution is 2.40. The van der Waals surface area contributed by atoms with Crippen molar-refractivity contribution in [2.24, 2.45) is 0 Å². The summed E-state index contributed by atoms with van der Waals surface area (Å²) in [6, 6.07) is 3.99. The summed E-state index contributed by atoms with van der Waals surface area (Å²) in [6.07, 6.45) is 3.70. The fourth-order valence-corrected chi connectivity index (χ4v) is 2.53. The smallest absolute Gasteiger partial charge is 0.341 e. The number of hydrogen-bond donors (Lipinski definition) is 1. The molecular formula is C17H20N2O4. The Morgan fingerprint density at radius 1 is 1.26 bits per heavy atom. The van der Waals surface area contributed by atoms with Gasteiger partial charge in [0.2, 0.25) is 0 Å². The van der Waals surface area contributed by atoms with Gasteiger partial charge in [-0.2, -0.15) is 0 Å². The van der Waals surface area contributed by atoms with Crippen molar-refractivity contribution in [2.75, 3.05) is 26.1 Å². The molecule has 1 aromatic carbocycles. The van der Waals surface area contributed by atoms with Crippen molar-refractivity contribution in [1.29, 1.82) is 0 Å². The van der Waals surface area contributed by atoms with Gasteiger partial charge in [-0.15, -0.1) is 0 Å². The molecule has 0 unspecified atom stereocenters. The zero-order valence-corrected chi connectivity index (χ0v) is 13.5. The Bertz CT molecular complexity index is 741. The van der Waals surface area contributed by atoms with Crippen LogP contribution >= 0.6 is 0 Å².